The molecule has 1 atom stereocenters. The molecule has 0 spiro atoms. The minimum absolute atomic E-state index is 0.169. The van der Waals surface area contributed by atoms with Crippen molar-refractivity contribution in [3.8, 4) is 23.0 Å². The Bertz CT molecular complexity index is 1080. The molecule has 9 nitrogen and oxygen atoms in total. The Labute approximate surface area is 214 Å². The summed E-state index contributed by atoms with van der Waals surface area (Å²) in [6, 6.07) is 4.88. The van der Waals surface area contributed by atoms with Gasteiger partial charge in [-0.1, -0.05) is 23.2 Å². The van der Waals surface area contributed by atoms with E-state index in [1.807, 2.05) is 13.8 Å². The number of halogens is 2. The van der Waals surface area contributed by atoms with Gasteiger partial charge in [-0.3, -0.25) is 9.59 Å². The maximum absolute atomic E-state index is 13.1. The fourth-order valence-electron chi connectivity index (χ4n) is 3.01. The van der Waals surface area contributed by atoms with Crippen molar-refractivity contribution in [1.82, 2.24) is 0 Å². The molecule has 2 rings (SSSR count). The topological polar surface area (TPSA) is 108 Å². The van der Waals surface area contributed by atoms with Gasteiger partial charge < -0.3 is 24.3 Å². The van der Waals surface area contributed by atoms with E-state index < -0.39 is 17.7 Å². The van der Waals surface area contributed by atoms with Gasteiger partial charge in [0.05, 0.1) is 36.5 Å². The van der Waals surface area contributed by atoms with E-state index >= 15 is 0 Å². The van der Waals surface area contributed by atoms with Crippen LogP contribution in [-0.2, 0) is 9.59 Å². The fourth-order valence-corrected chi connectivity index (χ4v) is 3.46. The number of carbonyl (C=O) groups excluding carboxylic acids is 2. The molecule has 0 saturated heterocycles. The molecular formula is C24H29Cl2N3O6. The Hall–Kier alpha value is -3.04. The lowest BCUT2D eigenvalue weighted by molar-refractivity contribution is -0.126. The number of amides is 1. The number of carbonyl (C=O) groups is 2. The first-order valence-corrected chi connectivity index (χ1v) is 11.9. The smallest absolute Gasteiger partial charge is 0.258 e. The van der Waals surface area contributed by atoms with Crippen LogP contribution in [0.2, 0.25) is 10.0 Å². The van der Waals surface area contributed by atoms with E-state index in [1.165, 1.54) is 6.92 Å². The summed E-state index contributed by atoms with van der Waals surface area (Å²) in [7, 11) is 0. The van der Waals surface area contributed by atoms with Crippen LogP contribution < -0.4 is 24.3 Å². The lowest BCUT2D eigenvalue weighted by Gasteiger charge is -2.18. The average molecular weight is 526 g/mol. The minimum Gasteiger partial charge on any atom is -0.494 e. The highest BCUT2D eigenvalue weighted by molar-refractivity contribution is 6.34. The number of azo groups is 1. The number of ketones is 1. The summed E-state index contributed by atoms with van der Waals surface area (Å²) in [5.41, 5.74) is 0.385. The van der Waals surface area contributed by atoms with Crippen molar-refractivity contribution in [2.75, 3.05) is 31.7 Å². The monoisotopic (exact) mass is 525 g/mol. The second-order valence-electron chi connectivity index (χ2n) is 6.95. The highest BCUT2D eigenvalue weighted by atomic mass is 35.5. The molecule has 0 heterocycles. The Morgan fingerprint density at radius 3 is 2.11 bits per heavy atom. The average Bonchev–Trinajstić information content (AvgIpc) is 2.80. The summed E-state index contributed by atoms with van der Waals surface area (Å²) >= 11 is 12.6. The third kappa shape index (κ3) is 7.47. The molecule has 1 N–H and O–H groups in total. The zero-order chi connectivity index (χ0) is 26.0. The summed E-state index contributed by atoms with van der Waals surface area (Å²) < 4.78 is 22.3. The van der Waals surface area contributed by atoms with Gasteiger partial charge in [0.2, 0.25) is 6.04 Å². The van der Waals surface area contributed by atoms with Crippen LogP contribution >= 0.6 is 23.2 Å². The molecule has 0 radical (unpaired) electrons. The molecule has 35 heavy (non-hydrogen) atoms. The Morgan fingerprint density at radius 2 is 1.51 bits per heavy atom. The van der Waals surface area contributed by atoms with Crippen LogP contribution in [0.15, 0.2) is 34.5 Å². The van der Waals surface area contributed by atoms with Crippen LogP contribution in [0.5, 0.6) is 23.0 Å². The van der Waals surface area contributed by atoms with E-state index in [0.717, 1.165) is 0 Å². The van der Waals surface area contributed by atoms with Crippen LogP contribution in [0.1, 0.15) is 34.6 Å². The molecule has 0 aromatic heterocycles. The van der Waals surface area contributed by atoms with Crippen LogP contribution in [0.4, 0.5) is 11.4 Å². The minimum atomic E-state index is -1.47. The van der Waals surface area contributed by atoms with Gasteiger partial charge in [0.1, 0.15) is 17.1 Å². The van der Waals surface area contributed by atoms with Gasteiger partial charge in [0.25, 0.3) is 5.91 Å². The van der Waals surface area contributed by atoms with Crippen LogP contribution in [-0.4, -0.2) is 44.2 Å². The lowest BCUT2D eigenvalue weighted by atomic mass is 10.2. The number of anilines is 1. The zero-order valence-electron chi connectivity index (χ0n) is 20.3. The van der Waals surface area contributed by atoms with E-state index in [0.29, 0.717) is 37.9 Å². The van der Waals surface area contributed by atoms with E-state index in [-0.39, 0.29) is 32.9 Å². The second kappa shape index (κ2) is 13.7. The molecule has 0 fully saturated rings. The van der Waals surface area contributed by atoms with Gasteiger partial charge in [-0.25, -0.2) is 0 Å². The van der Waals surface area contributed by atoms with Crippen LogP contribution in [0, 0.1) is 0 Å². The van der Waals surface area contributed by atoms with Crippen molar-refractivity contribution in [1.29, 1.82) is 0 Å². The first-order chi connectivity index (χ1) is 16.8. The quantitative estimate of drug-likeness (QED) is 0.244. The first kappa shape index (κ1) is 28.2. The third-order valence-electron chi connectivity index (χ3n) is 4.42. The molecule has 2 aromatic rings. The Kier molecular flexibility index (Phi) is 11.1. The second-order valence-corrected chi connectivity index (χ2v) is 7.77. The largest absolute Gasteiger partial charge is 0.494 e. The van der Waals surface area contributed by atoms with Crippen molar-refractivity contribution >= 4 is 46.3 Å². The zero-order valence-corrected chi connectivity index (χ0v) is 21.8. The number of ether oxygens (including phenoxy) is 4. The maximum Gasteiger partial charge on any atom is 0.258 e. The standard InChI is InChI=1S/C24H29Cl2N3O6/c1-6-32-15-12-17(26)22(34-8-3)18(13-15)28-29-20(14(5)30)24(31)27-21-16(25)10-11-19(33-7-2)23(21)35-9-4/h10-13,20H,6-9H2,1-5H3,(H,27,31). The van der Waals surface area contributed by atoms with Gasteiger partial charge in [0.15, 0.2) is 23.0 Å². The van der Waals surface area contributed by atoms with Crippen molar-refractivity contribution < 1.29 is 28.5 Å². The summed E-state index contributed by atoms with van der Waals surface area (Å²) in [4.78, 5) is 25.4. The fraction of sp³-hybridized carbons (Fsp3) is 0.417. The van der Waals surface area contributed by atoms with Crippen LogP contribution in [0.3, 0.4) is 0 Å². The third-order valence-corrected chi connectivity index (χ3v) is 5.01. The number of hydrogen-bond acceptors (Lipinski definition) is 8. The Balaban J connectivity index is 2.43. The normalized spacial score (nSPS) is 11.7. The molecular weight excluding hydrogens is 497 g/mol. The van der Waals surface area contributed by atoms with E-state index in [9.17, 15) is 9.59 Å². The van der Waals surface area contributed by atoms with Gasteiger partial charge in [-0.15, -0.1) is 0 Å². The predicted octanol–water partition coefficient (Wildman–Crippen LogP) is 6.27. The number of Topliss-reactive ketones (excluding diaryl/α,β-unsaturated/α-hetero) is 1. The molecule has 0 aliphatic heterocycles. The summed E-state index contributed by atoms with van der Waals surface area (Å²) in [6.07, 6.45) is 0. The summed E-state index contributed by atoms with van der Waals surface area (Å²) in [6.45, 7) is 9.85. The van der Waals surface area contributed by atoms with Crippen molar-refractivity contribution in [2.45, 2.75) is 40.7 Å². The van der Waals surface area contributed by atoms with Gasteiger partial charge in [-0.05, 0) is 46.8 Å². The predicted molar refractivity (Wildman–Crippen MR) is 135 cm³/mol. The van der Waals surface area contributed by atoms with Crippen molar-refractivity contribution in [3.63, 3.8) is 0 Å². The molecule has 1 unspecified atom stereocenters. The van der Waals surface area contributed by atoms with Crippen LogP contribution in [0.25, 0.3) is 0 Å². The Morgan fingerprint density at radius 1 is 0.886 bits per heavy atom. The lowest BCUT2D eigenvalue weighted by Crippen LogP contribution is -2.32. The molecule has 0 saturated carbocycles. The molecule has 2 aromatic carbocycles. The maximum atomic E-state index is 13.1. The molecule has 190 valence electrons. The SMILES string of the molecule is CCOc1cc(Cl)c(OCC)c(N=NC(C(C)=O)C(=O)Nc2c(Cl)ccc(OCC)c2OCC)c1. The van der Waals surface area contributed by atoms with Crippen molar-refractivity contribution in [3.05, 3.63) is 34.3 Å². The highest BCUT2D eigenvalue weighted by Crippen LogP contribution is 2.42. The van der Waals surface area contributed by atoms with Gasteiger partial charge in [-0.2, -0.15) is 10.2 Å². The van der Waals surface area contributed by atoms with E-state index in [1.54, 1.807) is 38.1 Å². The summed E-state index contributed by atoms with van der Waals surface area (Å²) in [5.74, 6) is 0.0759. The number of benzene rings is 2. The molecule has 11 heteroatoms. The number of nitrogens with one attached hydrogen (secondary N) is 1. The highest BCUT2D eigenvalue weighted by Gasteiger charge is 2.27. The van der Waals surface area contributed by atoms with Gasteiger partial charge in [0, 0.05) is 12.1 Å². The summed E-state index contributed by atoms with van der Waals surface area (Å²) in [5, 5.41) is 11.2. The van der Waals surface area contributed by atoms with Crippen molar-refractivity contribution in [2.24, 2.45) is 10.2 Å². The molecule has 0 aliphatic carbocycles. The van der Waals surface area contributed by atoms with E-state index in [2.05, 4.69) is 15.5 Å². The molecule has 0 aliphatic rings. The molecule has 0 bridgehead atoms. The van der Waals surface area contributed by atoms with E-state index in [4.69, 9.17) is 42.1 Å². The number of hydrogen-bond donors (Lipinski definition) is 1. The first-order valence-electron chi connectivity index (χ1n) is 11.2. The van der Waals surface area contributed by atoms with Gasteiger partial charge >= 0.3 is 0 Å². The number of nitrogens with zero attached hydrogens (tertiary/aromatic N) is 2. The number of rotatable bonds is 13. The molecule has 1 amide bonds.